The number of carbonyl (C=O) groups excluding carboxylic acids is 1. The molecule has 1 amide bonds. The zero-order valence-electron chi connectivity index (χ0n) is 14.2. The standard InChI is InChI=1S/C17H22ClN3O3/c1-17(2,3)23-16(22)21-8-6-20(7-9-21)11-14-13-10-12(18)4-5-15(13)24-19-14/h4-5,10H,6-9,11H2,1-3H3. The number of piperazine rings is 1. The van der Waals surface area contributed by atoms with Gasteiger partial charge in [0.2, 0.25) is 0 Å². The highest BCUT2D eigenvalue weighted by Gasteiger charge is 2.26. The zero-order chi connectivity index (χ0) is 17.3. The molecule has 3 rings (SSSR count). The summed E-state index contributed by atoms with van der Waals surface area (Å²) in [6, 6.07) is 5.49. The molecule has 2 aromatic rings. The van der Waals surface area contributed by atoms with Crippen LogP contribution in [0.15, 0.2) is 22.7 Å². The van der Waals surface area contributed by atoms with E-state index in [4.69, 9.17) is 20.9 Å². The molecule has 24 heavy (non-hydrogen) atoms. The van der Waals surface area contributed by atoms with Crippen molar-refractivity contribution in [2.24, 2.45) is 0 Å². The first-order valence-corrected chi connectivity index (χ1v) is 8.44. The van der Waals surface area contributed by atoms with E-state index in [1.54, 1.807) is 11.0 Å². The lowest BCUT2D eigenvalue weighted by atomic mass is 10.2. The number of fused-ring (bicyclic) bond motifs is 1. The molecule has 1 aliphatic heterocycles. The molecule has 0 bridgehead atoms. The van der Waals surface area contributed by atoms with Gasteiger partial charge in [0.05, 0.1) is 0 Å². The molecule has 0 aliphatic carbocycles. The Hall–Kier alpha value is -1.79. The predicted molar refractivity (Wildman–Crippen MR) is 92.1 cm³/mol. The number of amides is 1. The second-order valence-corrected chi connectivity index (χ2v) is 7.45. The lowest BCUT2D eigenvalue weighted by Crippen LogP contribution is -2.49. The van der Waals surface area contributed by atoms with Gasteiger partial charge < -0.3 is 14.2 Å². The summed E-state index contributed by atoms with van der Waals surface area (Å²) in [5.74, 6) is 0. The zero-order valence-corrected chi connectivity index (χ0v) is 15.0. The van der Waals surface area contributed by atoms with E-state index in [1.807, 2.05) is 32.9 Å². The molecule has 6 nitrogen and oxygen atoms in total. The summed E-state index contributed by atoms with van der Waals surface area (Å²) < 4.78 is 10.8. The molecular formula is C17H22ClN3O3. The van der Waals surface area contributed by atoms with Crippen LogP contribution in [0.1, 0.15) is 26.5 Å². The summed E-state index contributed by atoms with van der Waals surface area (Å²) in [6.07, 6.45) is -0.249. The number of carbonyl (C=O) groups is 1. The van der Waals surface area contributed by atoms with Gasteiger partial charge in [0, 0.05) is 43.1 Å². The maximum Gasteiger partial charge on any atom is 0.410 e. The van der Waals surface area contributed by atoms with E-state index in [9.17, 15) is 4.79 Å². The van der Waals surface area contributed by atoms with Crippen molar-refractivity contribution in [2.45, 2.75) is 32.9 Å². The minimum Gasteiger partial charge on any atom is -0.444 e. The van der Waals surface area contributed by atoms with Gasteiger partial charge >= 0.3 is 6.09 Å². The number of halogens is 1. The highest BCUT2D eigenvalue weighted by Crippen LogP contribution is 2.24. The third-order valence-corrected chi connectivity index (χ3v) is 4.14. The van der Waals surface area contributed by atoms with Crippen LogP contribution in [-0.4, -0.2) is 52.8 Å². The Morgan fingerprint density at radius 1 is 1.29 bits per heavy atom. The second-order valence-electron chi connectivity index (χ2n) is 7.01. The summed E-state index contributed by atoms with van der Waals surface area (Å²) in [6.45, 7) is 9.14. The maximum absolute atomic E-state index is 12.1. The molecule has 0 saturated carbocycles. The van der Waals surface area contributed by atoms with Gasteiger partial charge in [-0.05, 0) is 39.0 Å². The Morgan fingerprint density at radius 3 is 2.67 bits per heavy atom. The number of aromatic nitrogens is 1. The van der Waals surface area contributed by atoms with Crippen molar-refractivity contribution in [3.05, 3.63) is 28.9 Å². The van der Waals surface area contributed by atoms with Crippen LogP contribution in [0.3, 0.4) is 0 Å². The molecule has 2 heterocycles. The fraction of sp³-hybridized carbons (Fsp3) is 0.529. The largest absolute Gasteiger partial charge is 0.444 e. The van der Waals surface area contributed by atoms with Crippen molar-refractivity contribution in [3.63, 3.8) is 0 Å². The minimum absolute atomic E-state index is 0.249. The summed E-state index contributed by atoms with van der Waals surface area (Å²) in [5, 5.41) is 5.76. The Bertz CT molecular complexity index is 730. The van der Waals surface area contributed by atoms with E-state index in [-0.39, 0.29) is 6.09 Å². The maximum atomic E-state index is 12.1. The first kappa shape index (κ1) is 17.0. The SMILES string of the molecule is CC(C)(C)OC(=O)N1CCN(Cc2noc3ccc(Cl)cc23)CC1. The Kier molecular flexibility index (Phi) is 4.69. The topological polar surface area (TPSA) is 58.8 Å². The third-order valence-electron chi connectivity index (χ3n) is 3.90. The van der Waals surface area contributed by atoms with E-state index in [1.165, 1.54) is 0 Å². The van der Waals surface area contributed by atoms with Crippen molar-refractivity contribution in [1.82, 2.24) is 15.0 Å². The van der Waals surface area contributed by atoms with Crippen LogP contribution < -0.4 is 0 Å². The van der Waals surface area contributed by atoms with E-state index < -0.39 is 5.60 Å². The molecule has 1 saturated heterocycles. The summed E-state index contributed by atoms with van der Waals surface area (Å²) in [7, 11) is 0. The monoisotopic (exact) mass is 351 g/mol. The van der Waals surface area contributed by atoms with Gasteiger partial charge in [-0.2, -0.15) is 0 Å². The van der Waals surface area contributed by atoms with Gasteiger partial charge in [-0.1, -0.05) is 16.8 Å². The van der Waals surface area contributed by atoms with Gasteiger partial charge in [0.15, 0.2) is 5.58 Å². The van der Waals surface area contributed by atoms with Gasteiger partial charge in [0.25, 0.3) is 0 Å². The molecule has 1 fully saturated rings. The molecule has 0 N–H and O–H groups in total. The van der Waals surface area contributed by atoms with Crippen LogP contribution in [-0.2, 0) is 11.3 Å². The quantitative estimate of drug-likeness (QED) is 0.828. The number of rotatable bonds is 2. The van der Waals surface area contributed by atoms with E-state index in [0.29, 0.717) is 24.7 Å². The average Bonchev–Trinajstić information content (AvgIpc) is 2.88. The smallest absolute Gasteiger partial charge is 0.410 e. The summed E-state index contributed by atoms with van der Waals surface area (Å²) in [5.41, 5.74) is 1.15. The van der Waals surface area contributed by atoms with Crippen LogP contribution >= 0.6 is 11.6 Å². The molecule has 7 heteroatoms. The molecule has 1 aromatic carbocycles. The molecular weight excluding hydrogens is 330 g/mol. The molecule has 0 unspecified atom stereocenters. The fourth-order valence-electron chi connectivity index (χ4n) is 2.70. The number of benzene rings is 1. The predicted octanol–water partition coefficient (Wildman–Crippen LogP) is 3.53. The van der Waals surface area contributed by atoms with Gasteiger partial charge in [-0.25, -0.2) is 4.79 Å². The van der Waals surface area contributed by atoms with Crippen LogP contribution in [0.25, 0.3) is 11.0 Å². The highest BCUT2D eigenvalue weighted by molar-refractivity contribution is 6.31. The van der Waals surface area contributed by atoms with Crippen molar-refractivity contribution in [2.75, 3.05) is 26.2 Å². The average molecular weight is 352 g/mol. The highest BCUT2D eigenvalue weighted by atomic mass is 35.5. The van der Waals surface area contributed by atoms with Crippen LogP contribution in [0.5, 0.6) is 0 Å². The number of hydrogen-bond donors (Lipinski definition) is 0. The van der Waals surface area contributed by atoms with Gasteiger partial charge in [-0.15, -0.1) is 0 Å². The van der Waals surface area contributed by atoms with Crippen molar-refractivity contribution in [1.29, 1.82) is 0 Å². The van der Waals surface area contributed by atoms with E-state index in [0.717, 1.165) is 29.8 Å². The molecule has 0 spiro atoms. The molecule has 1 aliphatic rings. The van der Waals surface area contributed by atoms with Crippen LogP contribution in [0, 0.1) is 0 Å². The number of hydrogen-bond acceptors (Lipinski definition) is 5. The fourth-order valence-corrected chi connectivity index (χ4v) is 2.87. The Morgan fingerprint density at radius 2 is 2.00 bits per heavy atom. The van der Waals surface area contributed by atoms with Gasteiger partial charge in [0.1, 0.15) is 11.3 Å². The Balaban J connectivity index is 1.59. The first-order chi connectivity index (χ1) is 11.3. The van der Waals surface area contributed by atoms with E-state index in [2.05, 4.69) is 10.1 Å². The third kappa shape index (κ3) is 3.99. The molecule has 1 aromatic heterocycles. The minimum atomic E-state index is -0.465. The Labute approximate surface area is 146 Å². The summed E-state index contributed by atoms with van der Waals surface area (Å²) in [4.78, 5) is 16.1. The number of nitrogens with zero attached hydrogens (tertiary/aromatic N) is 3. The second kappa shape index (κ2) is 6.61. The summed E-state index contributed by atoms with van der Waals surface area (Å²) >= 11 is 6.06. The van der Waals surface area contributed by atoms with Crippen molar-refractivity contribution >= 4 is 28.7 Å². The first-order valence-electron chi connectivity index (χ1n) is 8.06. The lowest BCUT2D eigenvalue weighted by Gasteiger charge is -2.35. The van der Waals surface area contributed by atoms with Gasteiger partial charge in [-0.3, -0.25) is 4.90 Å². The van der Waals surface area contributed by atoms with Crippen LogP contribution in [0.4, 0.5) is 4.79 Å². The molecule has 0 atom stereocenters. The van der Waals surface area contributed by atoms with E-state index >= 15 is 0 Å². The van der Waals surface area contributed by atoms with Crippen molar-refractivity contribution in [3.8, 4) is 0 Å². The number of ether oxygens (including phenoxy) is 1. The normalized spacial score (nSPS) is 16.6. The lowest BCUT2D eigenvalue weighted by molar-refractivity contribution is 0.0137. The van der Waals surface area contributed by atoms with Crippen LogP contribution in [0.2, 0.25) is 5.02 Å². The molecule has 130 valence electrons. The van der Waals surface area contributed by atoms with Crippen molar-refractivity contribution < 1.29 is 14.1 Å². The molecule has 0 radical (unpaired) electrons.